The molecule has 1 atom stereocenters. The minimum absolute atomic E-state index is 0.243. The van der Waals surface area contributed by atoms with E-state index in [1.165, 1.54) is 18.1 Å². The molecule has 1 aliphatic heterocycles. The Hall–Kier alpha value is -4.26. The maximum atomic E-state index is 13.5. The molecule has 0 unspecified atom stereocenters. The molecule has 0 saturated heterocycles. The van der Waals surface area contributed by atoms with Crippen molar-refractivity contribution in [1.82, 2.24) is 9.88 Å². The van der Waals surface area contributed by atoms with Gasteiger partial charge in [0.2, 0.25) is 0 Å². The van der Waals surface area contributed by atoms with Crippen LogP contribution in [0.25, 0.3) is 10.9 Å². The molecule has 1 aliphatic rings. The summed E-state index contributed by atoms with van der Waals surface area (Å²) in [7, 11) is 2.96. The first kappa shape index (κ1) is 21.6. The number of hydrogen-bond acceptors (Lipinski definition) is 4. The SMILES string of the molecule is COC(=O)c1cccc(NC(=O)N2CCc3c([nH]c4ccccc34)[C@H]2c2ccc(OC)cc2)c1. The Kier molecular flexibility index (Phi) is 5.67. The van der Waals surface area contributed by atoms with Gasteiger partial charge in [0, 0.05) is 28.8 Å². The molecule has 0 aliphatic carbocycles. The highest BCUT2D eigenvalue weighted by Crippen LogP contribution is 2.39. The topological polar surface area (TPSA) is 83.7 Å². The van der Waals surface area contributed by atoms with Gasteiger partial charge in [-0.3, -0.25) is 0 Å². The number of urea groups is 1. The predicted octanol–water partition coefficient (Wildman–Crippen LogP) is 5.14. The maximum Gasteiger partial charge on any atom is 0.337 e. The van der Waals surface area contributed by atoms with Gasteiger partial charge in [-0.05, 0) is 53.9 Å². The maximum absolute atomic E-state index is 13.5. The highest BCUT2D eigenvalue weighted by Gasteiger charge is 2.34. The first-order valence-electron chi connectivity index (χ1n) is 11.1. The number of aromatic amines is 1. The normalized spacial score (nSPS) is 15.0. The Morgan fingerprint density at radius 1 is 1.00 bits per heavy atom. The summed E-state index contributed by atoms with van der Waals surface area (Å²) in [6, 6.07) is 22.2. The number of esters is 1. The van der Waals surface area contributed by atoms with Crippen LogP contribution in [-0.4, -0.2) is 42.6 Å². The van der Waals surface area contributed by atoms with E-state index >= 15 is 0 Å². The fraction of sp³-hybridized carbons (Fsp3) is 0.185. The highest BCUT2D eigenvalue weighted by molar-refractivity contribution is 5.94. The second-order valence-corrected chi connectivity index (χ2v) is 8.18. The zero-order chi connectivity index (χ0) is 23.7. The number of ether oxygens (including phenoxy) is 2. The van der Waals surface area contributed by atoms with E-state index in [0.29, 0.717) is 17.8 Å². The number of benzene rings is 3. The first-order valence-corrected chi connectivity index (χ1v) is 11.1. The van der Waals surface area contributed by atoms with Crippen LogP contribution in [0.4, 0.5) is 10.5 Å². The Labute approximate surface area is 197 Å². The third-order valence-electron chi connectivity index (χ3n) is 6.26. The number of nitrogens with one attached hydrogen (secondary N) is 2. The Morgan fingerprint density at radius 3 is 2.56 bits per heavy atom. The number of carbonyl (C=O) groups is 2. The van der Waals surface area contributed by atoms with Crippen LogP contribution < -0.4 is 10.1 Å². The van der Waals surface area contributed by atoms with Crippen LogP contribution in [0.1, 0.15) is 33.2 Å². The van der Waals surface area contributed by atoms with E-state index in [1.54, 1.807) is 31.4 Å². The van der Waals surface area contributed by atoms with Gasteiger partial charge in [0.25, 0.3) is 0 Å². The number of H-pyrrole nitrogens is 1. The van der Waals surface area contributed by atoms with Crippen molar-refractivity contribution in [2.75, 3.05) is 26.1 Å². The number of rotatable bonds is 4. The average molecular weight is 456 g/mol. The number of carbonyl (C=O) groups excluding carboxylic acids is 2. The monoisotopic (exact) mass is 455 g/mol. The quantitative estimate of drug-likeness (QED) is 0.417. The van der Waals surface area contributed by atoms with Crippen LogP contribution >= 0.6 is 0 Å². The van der Waals surface area contributed by atoms with Gasteiger partial charge in [-0.1, -0.05) is 36.4 Å². The van der Waals surface area contributed by atoms with E-state index in [1.807, 2.05) is 41.3 Å². The van der Waals surface area contributed by atoms with E-state index in [2.05, 4.69) is 22.4 Å². The summed E-state index contributed by atoms with van der Waals surface area (Å²) in [6.45, 7) is 0.550. The van der Waals surface area contributed by atoms with Gasteiger partial charge in [-0.15, -0.1) is 0 Å². The molecule has 0 spiro atoms. The number of anilines is 1. The van der Waals surface area contributed by atoms with Crippen molar-refractivity contribution in [2.24, 2.45) is 0 Å². The molecule has 2 N–H and O–H groups in total. The molecule has 2 heterocycles. The minimum atomic E-state index is -0.451. The number of fused-ring (bicyclic) bond motifs is 3. The summed E-state index contributed by atoms with van der Waals surface area (Å²) >= 11 is 0. The van der Waals surface area contributed by atoms with Crippen LogP contribution in [0.15, 0.2) is 72.8 Å². The van der Waals surface area contributed by atoms with Crippen LogP contribution in [0.5, 0.6) is 5.75 Å². The van der Waals surface area contributed by atoms with Crippen LogP contribution in [0.3, 0.4) is 0 Å². The zero-order valence-corrected chi connectivity index (χ0v) is 19.0. The number of aromatic nitrogens is 1. The molecular weight excluding hydrogens is 430 g/mol. The molecule has 0 bridgehead atoms. The zero-order valence-electron chi connectivity index (χ0n) is 19.0. The van der Waals surface area contributed by atoms with Gasteiger partial charge in [0.15, 0.2) is 0 Å². The van der Waals surface area contributed by atoms with Gasteiger partial charge in [-0.2, -0.15) is 0 Å². The number of hydrogen-bond donors (Lipinski definition) is 2. The standard InChI is InChI=1S/C27H25N3O4/c1-33-20-12-10-17(11-13-20)25-24-22(21-8-3-4-9-23(21)29-24)14-15-30(25)27(32)28-19-7-5-6-18(16-19)26(31)34-2/h3-13,16,25,29H,14-15H2,1-2H3,(H,28,32)/t25-/m1/s1. The third-order valence-corrected chi connectivity index (χ3v) is 6.26. The summed E-state index contributed by atoms with van der Waals surface area (Å²) in [6.07, 6.45) is 0.738. The van der Waals surface area contributed by atoms with Crippen molar-refractivity contribution in [2.45, 2.75) is 12.5 Å². The van der Waals surface area contributed by atoms with Crippen LogP contribution in [-0.2, 0) is 11.2 Å². The Morgan fingerprint density at radius 2 is 1.79 bits per heavy atom. The third kappa shape index (κ3) is 3.85. The summed E-state index contributed by atoms with van der Waals surface area (Å²) in [5.74, 6) is 0.306. The van der Waals surface area contributed by atoms with Gasteiger partial charge in [0.1, 0.15) is 5.75 Å². The first-order chi connectivity index (χ1) is 16.6. The molecule has 7 heteroatoms. The molecule has 2 amide bonds. The lowest BCUT2D eigenvalue weighted by atomic mass is 9.92. The molecule has 4 aromatic rings. The number of methoxy groups -OCH3 is 2. The fourth-order valence-corrected chi connectivity index (χ4v) is 4.63. The van der Waals surface area contributed by atoms with Crippen molar-refractivity contribution in [1.29, 1.82) is 0 Å². The molecule has 172 valence electrons. The molecular formula is C27H25N3O4. The van der Waals surface area contributed by atoms with Crippen LogP contribution in [0.2, 0.25) is 0 Å². The second-order valence-electron chi connectivity index (χ2n) is 8.18. The van der Waals surface area contributed by atoms with E-state index in [4.69, 9.17) is 9.47 Å². The number of nitrogens with zero attached hydrogens (tertiary/aromatic N) is 1. The molecule has 0 fully saturated rings. The largest absolute Gasteiger partial charge is 0.497 e. The molecule has 5 rings (SSSR count). The lowest BCUT2D eigenvalue weighted by Gasteiger charge is -2.36. The van der Waals surface area contributed by atoms with Gasteiger partial charge in [-0.25, -0.2) is 9.59 Å². The van der Waals surface area contributed by atoms with Crippen molar-refractivity contribution >= 4 is 28.6 Å². The molecule has 0 radical (unpaired) electrons. The Balaban J connectivity index is 1.52. The minimum Gasteiger partial charge on any atom is -0.497 e. The van der Waals surface area contributed by atoms with E-state index < -0.39 is 5.97 Å². The van der Waals surface area contributed by atoms with E-state index in [0.717, 1.165) is 28.9 Å². The van der Waals surface area contributed by atoms with Crippen LogP contribution in [0, 0.1) is 0 Å². The lowest BCUT2D eigenvalue weighted by molar-refractivity contribution is 0.0600. The lowest BCUT2D eigenvalue weighted by Crippen LogP contribution is -2.43. The van der Waals surface area contributed by atoms with Crippen molar-refractivity contribution < 1.29 is 19.1 Å². The summed E-state index contributed by atoms with van der Waals surface area (Å²) in [5, 5.41) is 4.14. The van der Waals surface area contributed by atoms with Crippen molar-refractivity contribution in [3.63, 3.8) is 0 Å². The number of para-hydroxylation sites is 1. The average Bonchev–Trinajstić information content (AvgIpc) is 3.26. The van der Waals surface area contributed by atoms with Crippen molar-refractivity contribution in [3.8, 4) is 5.75 Å². The summed E-state index contributed by atoms with van der Waals surface area (Å²) in [5.41, 5.74) is 5.18. The fourth-order valence-electron chi connectivity index (χ4n) is 4.63. The molecule has 1 aromatic heterocycles. The second kappa shape index (κ2) is 8.94. The predicted molar refractivity (Wildman–Crippen MR) is 130 cm³/mol. The van der Waals surface area contributed by atoms with E-state index in [9.17, 15) is 9.59 Å². The summed E-state index contributed by atoms with van der Waals surface area (Å²) < 4.78 is 10.1. The Bertz CT molecular complexity index is 1360. The molecule has 7 nitrogen and oxygen atoms in total. The number of amides is 2. The smallest absolute Gasteiger partial charge is 0.337 e. The van der Waals surface area contributed by atoms with E-state index in [-0.39, 0.29) is 12.1 Å². The van der Waals surface area contributed by atoms with Gasteiger partial charge < -0.3 is 24.7 Å². The molecule has 3 aromatic carbocycles. The summed E-state index contributed by atoms with van der Waals surface area (Å²) in [4.78, 5) is 30.8. The van der Waals surface area contributed by atoms with Gasteiger partial charge >= 0.3 is 12.0 Å². The van der Waals surface area contributed by atoms with Gasteiger partial charge in [0.05, 0.1) is 25.8 Å². The van der Waals surface area contributed by atoms with Crippen molar-refractivity contribution in [3.05, 3.63) is 95.2 Å². The molecule has 0 saturated carbocycles. The highest BCUT2D eigenvalue weighted by atomic mass is 16.5. The molecule has 34 heavy (non-hydrogen) atoms.